The van der Waals surface area contributed by atoms with E-state index in [0.717, 1.165) is 35.7 Å². The molecular formula is C15H20ClNO2S. The van der Waals surface area contributed by atoms with Crippen molar-refractivity contribution >= 4 is 29.3 Å². The van der Waals surface area contributed by atoms with E-state index in [1.54, 1.807) is 11.8 Å². The van der Waals surface area contributed by atoms with E-state index in [1.807, 2.05) is 29.2 Å². The lowest BCUT2D eigenvalue weighted by atomic mass is 10.2. The maximum absolute atomic E-state index is 12.1. The molecule has 0 saturated carbocycles. The maximum atomic E-state index is 12.1. The fraction of sp³-hybridized carbons (Fsp3) is 0.533. The standard InChI is InChI=1S/C15H20ClNO2S/c16-14-6-2-1-4-12(14)10-20-11-15(19)17-8-3-5-13(18)7-9-17/h1-2,4,6,13,18H,3,5,7-11H2/t13-/m1/s1. The first-order valence-corrected chi connectivity index (χ1v) is 8.47. The number of likely N-dealkylation sites (tertiary alicyclic amines) is 1. The molecule has 1 fully saturated rings. The molecule has 3 nitrogen and oxygen atoms in total. The number of carbonyl (C=O) groups excluding carboxylic acids is 1. The Hall–Kier alpha value is -0.710. The predicted octanol–water partition coefficient (Wildman–Crippen LogP) is 2.95. The highest BCUT2D eigenvalue weighted by atomic mass is 35.5. The Bertz CT molecular complexity index is 455. The predicted molar refractivity (Wildman–Crippen MR) is 84.1 cm³/mol. The first-order chi connectivity index (χ1) is 9.66. The zero-order chi connectivity index (χ0) is 14.4. The number of benzene rings is 1. The molecule has 1 amide bonds. The van der Waals surface area contributed by atoms with E-state index >= 15 is 0 Å². The van der Waals surface area contributed by atoms with E-state index in [-0.39, 0.29) is 12.0 Å². The second kappa shape index (κ2) is 7.91. The molecule has 1 aliphatic rings. The summed E-state index contributed by atoms with van der Waals surface area (Å²) in [6.45, 7) is 1.44. The van der Waals surface area contributed by atoms with Gasteiger partial charge in [0.1, 0.15) is 0 Å². The van der Waals surface area contributed by atoms with Gasteiger partial charge in [-0.3, -0.25) is 4.79 Å². The van der Waals surface area contributed by atoms with Gasteiger partial charge in [0, 0.05) is 23.9 Å². The molecule has 1 atom stereocenters. The van der Waals surface area contributed by atoms with E-state index in [9.17, 15) is 9.90 Å². The maximum Gasteiger partial charge on any atom is 0.232 e. The second-order valence-corrected chi connectivity index (χ2v) is 6.44. The van der Waals surface area contributed by atoms with Crippen molar-refractivity contribution in [3.8, 4) is 0 Å². The van der Waals surface area contributed by atoms with Gasteiger partial charge in [0.05, 0.1) is 11.9 Å². The average molecular weight is 314 g/mol. The van der Waals surface area contributed by atoms with E-state index < -0.39 is 0 Å². The largest absolute Gasteiger partial charge is 0.393 e. The molecule has 0 radical (unpaired) electrons. The third-order valence-corrected chi connectivity index (χ3v) is 4.83. The lowest BCUT2D eigenvalue weighted by molar-refractivity contribution is -0.128. The van der Waals surface area contributed by atoms with Crippen LogP contribution in [-0.2, 0) is 10.5 Å². The molecule has 20 heavy (non-hydrogen) atoms. The number of rotatable bonds is 4. The van der Waals surface area contributed by atoms with Gasteiger partial charge < -0.3 is 10.0 Å². The van der Waals surface area contributed by atoms with Gasteiger partial charge in [-0.25, -0.2) is 0 Å². The number of halogens is 1. The molecule has 1 heterocycles. The van der Waals surface area contributed by atoms with Crippen LogP contribution in [0.3, 0.4) is 0 Å². The summed E-state index contributed by atoms with van der Waals surface area (Å²) < 4.78 is 0. The van der Waals surface area contributed by atoms with Crippen LogP contribution in [0.25, 0.3) is 0 Å². The summed E-state index contributed by atoms with van der Waals surface area (Å²) in [6, 6.07) is 7.72. The summed E-state index contributed by atoms with van der Waals surface area (Å²) >= 11 is 7.68. The summed E-state index contributed by atoms with van der Waals surface area (Å²) in [5.41, 5.74) is 1.07. The Labute approximate surface area is 129 Å². The molecule has 0 unspecified atom stereocenters. The number of nitrogens with zero attached hydrogens (tertiary/aromatic N) is 1. The van der Waals surface area contributed by atoms with Crippen molar-refractivity contribution < 1.29 is 9.90 Å². The van der Waals surface area contributed by atoms with Crippen molar-refractivity contribution in [2.45, 2.75) is 31.1 Å². The van der Waals surface area contributed by atoms with Gasteiger partial charge in [-0.1, -0.05) is 29.8 Å². The minimum absolute atomic E-state index is 0.163. The monoisotopic (exact) mass is 313 g/mol. The molecule has 1 aromatic carbocycles. The smallest absolute Gasteiger partial charge is 0.232 e. The highest BCUT2D eigenvalue weighted by Crippen LogP contribution is 2.21. The minimum atomic E-state index is -0.247. The van der Waals surface area contributed by atoms with Gasteiger partial charge >= 0.3 is 0 Å². The fourth-order valence-corrected chi connectivity index (χ4v) is 3.50. The fourth-order valence-electron chi connectivity index (χ4n) is 2.28. The van der Waals surface area contributed by atoms with Gasteiger partial charge in [-0.05, 0) is 30.9 Å². The van der Waals surface area contributed by atoms with Gasteiger partial charge in [-0.2, -0.15) is 0 Å². The minimum Gasteiger partial charge on any atom is -0.393 e. The van der Waals surface area contributed by atoms with Crippen LogP contribution in [0.1, 0.15) is 24.8 Å². The molecule has 0 spiro atoms. The van der Waals surface area contributed by atoms with E-state index in [1.165, 1.54) is 0 Å². The second-order valence-electron chi connectivity index (χ2n) is 5.05. The highest BCUT2D eigenvalue weighted by Gasteiger charge is 2.19. The van der Waals surface area contributed by atoms with E-state index in [4.69, 9.17) is 11.6 Å². The number of aliphatic hydroxyl groups is 1. The quantitative estimate of drug-likeness (QED) is 0.929. The van der Waals surface area contributed by atoms with Crippen molar-refractivity contribution in [2.24, 2.45) is 0 Å². The van der Waals surface area contributed by atoms with Gasteiger partial charge in [0.25, 0.3) is 0 Å². The van der Waals surface area contributed by atoms with Gasteiger partial charge in [-0.15, -0.1) is 11.8 Å². The van der Waals surface area contributed by atoms with Gasteiger partial charge in [0.15, 0.2) is 0 Å². The third kappa shape index (κ3) is 4.69. The van der Waals surface area contributed by atoms with Crippen LogP contribution in [0.4, 0.5) is 0 Å². The van der Waals surface area contributed by atoms with Crippen molar-refractivity contribution in [3.05, 3.63) is 34.9 Å². The number of hydrogen-bond acceptors (Lipinski definition) is 3. The number of thioether (sulfide) groups is 1. The molecule has 1 aliphatic heterocycles. The number of amides is 1. The number of hydrogen-bond donors (Lipinski definition) is 1. The molecule has 0 aliphatic carbocycles. The summed E-state index contributed by atoms with van der Waals surface area (Å²) in [7, 11) is 0. The lowest BCUT2D eigenvalue weighted by Gasteiger charge is -2.20. The van der Waals surface area contributed by atoms with Crippen LogP contribution < -0.4 is 0 Å². The zero-order valence-electron chi connectivity index (χ0n) is 11.4. The highest BCUT2D eigenvalue weighted by molar-refractivity contribution is 7.99. The van der Waals surface area contributed by atoms with Crippen molar-refractivity contribution in [3.63, 3.8) is 0 Å². The van der Waals surface area contributed by atoms with Crippen LogP contribution in [0.5, 0.6) is 0 Å². The molecule has 1 aromatic rings. The molecular weight excluding hydrogens is 294 g/mol. The summed E-state index contributed by atoms with van der Waals surface area (Å²) in [4.78, 5) is 14.0. The number of carbonyl (C=O) groups is 1. The normalized spacial score (nSPS) is 19.7. The molecule has 0 aromatic heterocycles. The first kappa shape index (κ1) is 15.7. The molecule has 5 heteroatoms. The lowest BCUT2D eigenvalue weighted by Crippen LogP contribution is -2.33. The van der Waals surface area contributed by atoms with Crippen molar-refractivity contribution in [1.29, 1.82) is 0 Å². The molecule has 2 rings (SSSR count). The molecule has 0 bridgehead atoms. The Balaban J connectivity index is 1.76. The Morgan fingerprint density at radius 1 is 1.35 bits per heavy atom. The average Bonchev–Trinajstić information content (AvgIpc) is 2.66. The van der Waals surface area contributed by atoms with Crippen LogP contribution in [0.15, 0.2) is 24.3 Å². The van der Waals surface area contributed by atoms with E-state index in [0.29, 0.717) is 18.7 Å². The van der Waals surface area contributed by atoms with E-state index in [2.05, 4.69) is 0 Å². The Kier molecular flexibility index (Phi) is 6.20. The SMILES string of the molecule is O=C(CSCc1ccccc1Cl)N1CCC[C@@H](O)CC1. The Morgan fingerprint density at radius 3 is 2.95 bits per heavy atom. The van der Waals surface area contributed by atoms with Crippen LogP contribution in [0, 0.1) is 0 Å². The van der Waals surface area contributed by atoms with Crippen molar-refractivity contribution in [1.82, 2.24) is 4.90 Å². The third-order valence-electron chi connectivity index (χ3n) is 3.49. The topological polar surface area (TPSA) is 40.5 Å². The first-order valence-electron chi connectivity index (χ1n) is 6.94. The summed E-state index contributed by atoms with van der Waals surface area (Å²) in [5.74, 6) is 1.39. The summed E-state index contributed by atoms with van der Waals surface area (Å²) in [5, 5.41) is 10.3. The van der Waals surface area contributed by atoms with Crippen LogP contribution in [-0.4, -0.2) is 40.9 Å². The molecule has 1 N–H and O–H groups in total. The van der Waals surface area contributed by atoms with Crippen molar-refractivity contribution in [2.75, 3.05) is 18.8 Å². The van der Waals surface area contributed by atoms with Crippen LogP contribution in [0.2, 0.25) is 5.02 Å². The molecule has 1 saturated heterocycles. The zero-order valence-corrected chi connectivity index (χ0v) is 13.0. The summed E-state index contributed by atoms with van der Waals surface area (Å²) in [6.07, 6.45) is 2.14. The molecule has 110 valence electrons. The number of aliphatic hydroxyl groups excluding tert-OH is 1. The van der Waals surface area contributed by atoms with Gasteiger partial charge in [0.2, 0.25) is 5.91 Å². The Morgan fingerprint density at radius 2 is 2.15 bits per heavy atom. The van der Waals surface area contributed by atoms with Crippen LogP contribution >= 0.6 is 23.4 Å².